The zero-order valence-electron chi connectivity index (χ0n) is 10.1. The lowest BCUT2D eigenvalue weighted by Crippen LogP contribution is -2.37. The van der Waals surface area contributed by atoms with Crippen LogP contribution in [0.1, 0.15) is 19.8 Å². The first-order chi connectivity index (χ1) is 7.90. The molecule has 0 saturated carbocycles. The van der Waals surface area contributed by atoms with Gasteiger partial charge in [0.05, 0.1) is 6.33 Å². The molecule has 1 aliphatic heterocycles. The van der Waals surface area contributed by atoms with E-state index in [0.29, 0.717) is 0 Å². The number of nitrogens with zero attached hydrogens (tertiary/aromatic N) is 3. The van der Waals surface area contributed by atoms with Crippen molar-refractivity contribution in [3.8, 4) is 0 Å². The molecule has 0 radical (unpaired) electrons. The lowest BCUT2D eigenvalue weighted by atomic mass is 10.2. The minimum atomic E-state index is 0.757. The Balaban J connectivity index is 1.70. The fourth-order valence-electron chi connectivity index (χ4n) is 2.43. The van der Waals surface area contributed by atoms with Gasteiger partial charge in [-0.1, -0.05) is 6.92 Å². The van der Waals surface area contributed by atoms with E-state index in [-0.39, 0.29) is 0 Å². The van der Waals surface area contributed by atoms with E-state index >= 15 is 0 Å². The second kappa shape index (κ2) is 6.01. The summed E-state index contributed by atoms with van der Waals surface area (Å²) in [6, 6.07) is 0.757. The maximum absolute atomic E-state index is 4.06. The molecule has 0 bridgehead atoms. The highest BCUT2D eigenvalue weighted by atomic mass is 15.2. The summed E-state index contributed by atoms with van der Waals surface area (Å²) < 4.78 is 2.15. The van der Waals surface area contributed by atoms with E-state index < -0.39 is 0 Å². The molecule has 0 spiro atoms. The van der Waals surface area contributed by atoms with Crippen molar-refractivity contribution < 1.29 is 0 Å². The summed E-state index contributed by atoms with van der Waals surface area (Å²) in [5.74, 6) is 0. The van der Waals surface area contributed by atoms with Crippen molar-refractivity contribution in [1.29, 1.82) is 0 Å². The Morgan fingerprint density at radius 2 is 2.50 bits per heavy atom. The van der Waals surface area contributed by atoms with E-state index in [1.54, 1.807) is 0 Å². The van der Waals surface area contributed by atoms with E-state index in [1.165, 1.54) is 32.5 Å². The largest absolute Gasteiger partial charge is 0.337 e. The molecule has 90 valence electrons. The molecule has 1 aromatic rings. The zero-order valence-corrected chi connectivity index (χ0v) is 10.1. The third kappa shape index (κ3) is 3.06. The highest BCUT2D eigenvalue weighted by Crippen LogP contribution is 2.08. The van der Waals surface area contributed by atoms with Gasteiger partial charge in [-0.05, 0) is 25.9 Å². The van der Waals surface area contributed by atoms with Gasteiger partial charge in [-0.3, -0.25) is 4.90 Å². The molecule has 1 unspecified atom stereocenters. The van der Waals surface area contributed by atoms with Crippen LogP contribution in [-0.4, -0.2) is 46.7 Å². The van der Waals surface area contributed by atoms with Crippen molar-refractivity contribution in [3.63, 3.8) is 0 Å². The topological polar surface area (TPSA) is 33.1 Å². The van der Waals surface area contributed by atoms with Gasteiger partial charge in [0.15, 0.2) is 0 Å². The number of aryl methyl sites for hydroxylation is 1. The number of hydrogen-bond acceptors (Lipinski definition) is 3. The van der Waals surface area contributed by atoms with Crippen LogP contribution in [0.25, 0.3) is 0 Å². The Morgan fingerprint density at radius 1 is 1.56 bits per heavy atom. The van der Waals surface area contributed by atoms with Gasteiger partial charge in [0.2, 0.25) is 0 Å². The SMILES string of the molecule is CCN(CCCn1ccnc1)C1CCNC1. The lowest BCUT2D eigenvalue weighted by Gasteiger charge is -2.26. The monoisotopic (exact) mass is 222 g/mol. The Labute approximate surface area is 97.7 Å². The molecule has 1 N–H and O–H groups in total. The molecule has 0 aromatic carbocycles. The van der Waals surface area contributed by atoms with E-state index in [2.05, 4.69) is 26.7 Å². The molecular formula is C12H22N4. The van der Waals surface area contributed by atoms with Crippen LogP contribution < -0.4 is 5.32 Å². The second-order valence-corrected chi connectivity index (χ2v) is 4.43. The van der Waals surface area contributed by atoms with Crippen molar-refractivity contribution in [2.45, 2.75) is 32.4 Å². The lowest BCUT2D eigenvalue weighted by molar-refractivity contribution is 0.213. The van der Waals surface area contributed by atoms with Crippen LogP contribution >= 0.6 is 0 Å². The minimum Gasteiger partial charge on any atom is -0.337 e. The van der Waals surface area contributed by atoms with Gasteiger partial charge >= 0.3 is 0 Å². The summed E-state index contributed by atoms with van der Waals surface area (Å²) in [6.07, 6.45) is 8.29. The number of imidazole rings is 1. The highest BCUT2D eigenvalue weighted by molar-refractivity contribution is 4.80. The third-order valence-corrected chi connectivity index (χ3v) is 3.38. The normalized spacial score (nSPS) is 20.8. The molecule has 1 aromatic heterocycles. The van der Waals surface area contributed by atoms with E-state index in [4.69, 9.17) is 0 Å². The highest BCUT2D eigenvalue weighted by Gasteiger charge is 2.20. The number of nitrogens with one attached hydrogen (secondary N) is 1. The standard InChI is InChI=1S/C12H22N4/c1-2-16(12-4-5-13-10-12)8-3-7-15-9-6-14-11-15/h6,9,11-13H,2-5,7-8,10H2,1H3. The van der Waals surface area contributed by atoms with E-state index in [9.17, 15) is 0 Å². The first kappa shape index (κ1) is 11.6. The number of hydrogen-bond donors (Lipinski definition) is 1. The molecular weight excluding hydrogens is 200 g/mol. The molecule has 0 amide bonds. The molecule has 4 heteroatoms. The number of aromatic nitrogens is 2. The van der Waals surface area contributed by atoms with Gasteiger partial charge in [-0.2, -0.15) is 0 Å². The Hall–Kier alpha value is -0.870. The Kier molecular flexibility index (Phi) is 4.36. The minimum absolute atomic E-state index is 0.757. The van der Waals surface area contributed by atoms with E-state index in [0.717, 1.165) is 19.1 Å². The molecule has 0 aliphatic carbocycles. The summed E-state index contributed by atoms with van der Waals surface area (Å²) in [4.78, 5) is 6.65. The average molecular weight is 222 g/mol. The molecule has 16 heavy (non-hydrogen) atoms. The van der Waals surface area contributed by atoms with Gasteiger partial charge in [-0.15, -0.1) is 0 Å². The van der Waals surface area contributed by atoms with Crippen molar-refractivity contribution in [2.75, 3.05) is 26.2 Å². The van der Waals surface area contributed by atoms with Crippen molar-refractivity contribution >= 4 is 0 Å². The number of rotatable bonds is 6. The molecule has 4 nitrogen and oxygen atoms in total. The molecule has 1 fully saturated rings. The van der Waals surface area contributed by atoms with Gasteiger partial charge in [0, 0.05) is 38.1 Å². The third-order valence-electron chi connectivity index (χ3n) is 3.38. The predicted molar refractivity (Wildman–Crippen MR) is 65.4 cm³/mol. The first-order valence-corrected chi connectivity index (χ1v) is 6.30. The van der Waals surface area contributed by atoms with Crippen LogP contribution in [0, 0.1) is 0 Å². The first-order valence-electron chi connectivity index (χ1n) is 6.30. The smallest absolute Gasteiger partial charge is 0.0945 e. The van der Waals surface area contributed by atoms with Crippen molar-refractivity contribution in [3.05, 3.63) is 18.7 Å². The molecule has 2 heterocycles. The van der Waals surface area contributed by atoms with Gasteiger partial charge < -0.3 is 9.88 Å². The zero-order chi connectivity index (χ0) is 11.2. The van der Waals surface area contributed by atoms with Crippen LogP contribution in [0.15, 0.2) is 18.7 Å². The summed E-state index contributed by atoms with van der Waals surface area (Å²) in [7, 11) is 0. The van der Waals surface area contributed by atoms with Crippen molar-refractivity contribution in [1.82, 2.24) is 19.8 Å². The summed E-state index contributed by atoms with van der Waals surface area (Å²) in [6.45, 7) is 8.05. The van der Waals surface area contributed by atoms with Crippen LogP contribution in [0.5, 0.6) is 0 Å². The van der Waals surface area contributed by atoms with Gasteiger partial charge in [0.25, 0.3) is 0 Å². The molecule has 2 rings (SSSR count). The van der Waals surface area contributed by atoms with Crippen LogP contribution in [0.2, 0.25) is 0 Å². The van der Waals surface area contributed by atoms with Crippen molar-refractivity contribution in [2.24, 2.45) is 0 Å². The summed E-state index contributed by atoms with van der Waals surface area (Å²) in [5, 5.41) is 3.43. The maximum Gasteiger partial charge on any atom is 0.0945 e. The quantitative estimate of drug-likeness (QED) is 0.778. The summed E-state index contributed by atoms with van der Waals surface area (Å²) >= 11 is 0. The number of likely N-dealkylation sites (N-methyl/N-ethyl adjacent to an activating group) is 1. The molecule has 1 saturated heterocycles. The predicted octanol–water partition coefficient (Wildman–Crippen LogP) is 0.957. The van der Waals surface area contributed by atoms with E-state index in [1.807, 2.05) is 18.7 Å². The fraction of sp³-hybridized carbons (Fsp3) is 0.750. The van der Waals surface area contributed by atoms with Gasteiger partial charge in [0.1, 0.15) is 0 Å². The molecule has 1 atom stereocenters. The average Bonchev–Trinajstić information content (AvgIpc) is 2.96. The summed E-state index contributed by atoms with van der Waals surface area (Å²) in [5.41, 5.74) is 0. The Morgan fingerprint density at radius 3 is 3.12 bits per heavy atom. The fourth-order valence-corrected chi connectivity index (χ4v) is 2.43. The molecule has 1 aliphatic rings. The Bertz CT molecular complexity index is 277. The van der Waals surface area contributed by atoms with Crippen LogP contribution in [0.3, 0.4) is 0 Å². The second-order valence-electron chi connectivity index (χ2n) is 4.43. The van der Waals surface area contributed by atoms with Crippen LogP contribution in [0.4, 0.5) is 0 Å². The van der Waals surface area contributed by atoms with Gasteiger partial charge in [-0.25, -0.2) is 4.98 Å². The maximum atomic E-state index is 4.06. The van der Waals surface area contributed by atoms with Crippen LogP contribution in [-0.2, 0) is 6.54 Å².